The molecule has 2 aliphatic rings. The van der Waals surface area contributed by atoms with Crippen molar-refractivity contribution < 1.29 is 19.1 Å². The van der Waals surface area contributed by atoms with Crippen molar-refractivity contribution in [1.82, 2.24) is 4.90 Å². The highest BCUT2D eigenvalue weighted by atomic mass is 16.5. The van der Waals surface area contributed by atoms with Gasteiger partial charge in [-0.1, -0.05) is 6.07 Å². The van der Waals surface area contributed by atoms with Crippen LogP contribution in [0.25, 0.3) is 11.0 Å². The summed E-state index contributed by atoms with van der Waals surface area (Å²) >= 11 is 0. The number of fused-ring (bicyclic) bond motifs is 2. The monoisotopic (exact) mass is 343 g/mol. The number of carbonyl (C=O) groups excluding carboxylic acids is 1. The lowest BCUT2D eigenvalue weighted by Gasteiger charge is -2.37. The van der Waals surface area contributed by atoms with Gasteiger partial charge in [-0.3, -0.25) is 4.79 Å². The number of morpholine rings is 1. The molecule has 3 atom stereocenters. The Morgan fingerprint density at radius 3 is 2.96 bits per heavy atom. The number of nitrogens with zero attached hydrogens (tertiary/aromatic N) is 1. The van der Waals surface area contributed by atoms with Gasteiger partial charge < -0.3 is 19.2 Å². The van der Waals surface area contributed by atoms with Crippen molar-refractivity contribution in [3.63, 3.8) is 0 Å². The quantitative estimate of drug-likeness (QED) is 0.930. The van der Waals surface area contributed by atoms with Crippen molar-refractivity contribution in [2.24, 2.45) is 5.92 Å². The lowest BCUT2D eigenvalue weighted by molar-refractivity contribution is -0.143. The van der Waals surface area contributed by atoms with E-state index in [9.17, 15) is 9.90 Å². The maximum Gasteiger partial charge on any atom is 0.227 e. The zero-order valence-electron chi connectivity index (χ0n) is 14.8. The second-order valence-electron chi connectivity index (χ2n) is 7.48. The molecule has 1 aromatic heterocycles. The van der Waals surface area contributed by atoms with Crippen LogP contribution in [0, 0.1) is 19.8 Å². The van der Waals surface area contributed by atoms with Gasteiger partial charge in [0.1, 0.15) is 5.58 Å². The number of aliphatic hydroxyl groups excluding tert-OH is 1. The predicted octanol–water partition coefficient (Wildman–Crippen LogP) is 2.59. The van der Waals surface area contributed by atoms with Crippen LogP contribution in [0.1, 0.15) is 29.5 Å². The summed E-state index contributed by atoms with van der Waals surface area (Å²) in [6.45, 7) is 5.49. The van der Waals surface area contributed by atoms with E-state index in [0.29, 0.717) is 19.6 Å². The summed E-state index contributed by atoms with van der Waals surface area (Å²) in [5.41, 5.74) is 4.11. The fourth-order valence-electron chi connectivity index (χ4n) is 4.53. The summed E-state index contributed by atoms with van der Waals surface area (Å²) in [7, 11) is 0. The second kappa shape index (κ2) is 6.46. The Labute approximate surface area is 147 Å². The number of furan rings is 1. The van der Waals surface area contributed by atoms with E-state index in [1.807, 2.05) is 17.9 Å². The van der Waals surface area contributed by atoms with Crippen molar-refractivity contribution >= 4 is 16.9 Å². The molecular formula is C20H25NO4. The van der Waals surface area contributed by atoms with Crippen LogP contribution in [0.4, 0.5) is 0 Å². The summed E-state index contributed by atoms with van der Waals surface area (Å²) < 4.78 is 11.5. The van der Waals surface area contributed by atoms with Crippen LogP contribution in [0.15, 0.2) is 22.8 Å². The minimum Gasteiger partial charge on any atom is -0.464 e. The van der Waals surface area contributed by atoms with Gasteiger partial charge in [0.2, 0.25) is 5.91 Å². The highest BCUT2D eigenvalue weighted by molar-refractivity contribution is 5.90. The zero-order chi connectivity index (χ0) is 17.6. The average Bonchev–Trinajstić information content (AvgIpc) is 3.18. The van der Waals surface area contributed by atoms with E-state index in [1.165, 1.54) is 0 Å². The van der Waals surface area contributed by atoms with Gasteiger partial charge in [0.25, 0.3) is 0 Å². The maximum atomic E-state index is 13.0. The molecule has 1 saturated carbocycles. The predicted molar refractivity (Wildman–Crippen MR) is 94.4 cm³/mol. The molecule has 134 valence electrons. The van der Waals surface area contributed by atoms with Gasteiger partial charge in [-0.25, -0.2) is 0 Å². The number of hydrogen-bond donors (Lipinski definition) is 1. The third-order valence-electron chi connectivity index (χ3n) is 5.65. The molecule has 1 saturated heterocycles. The lowest BCUT2D eigenvalue weighted by atomic mass is 10.0. The Balaban J connectivity index is 1.56. The molecule has 2 aromatic rings. The summed E-state index contributed by atoms with van der Waals surface area (Å²) in [5, 5.41) is 10.5. The summed E-state index contributed by atoms with van der Waals surface area (Å²) in [6, 6.07) is 4.24. The first-order valence-electron chi connectivity index (χ1n) is 9.06. The molecule has 1 aliphatic heterocycles. The Morgan fingerprint density at radius 1 is 1.32 bits per heavy atom. The number of rotatable bonds is 3. The first-order chi connectivity index (χ1) is 12.1. The molecule has 0 spiro atoms. The highest BCUT2D eigenvalue weighted by Crippen LogP contribution is 2.35. The van der Waals surface area contributed by atoms with E-state index in [1.54, 1.807) is 6.26 Å². The van der Waals surface area contributed by atoms with Gasteiger partial charge in [0, 0.05) is 24.1 Å². The second-order valence-corrected chi connectivity index (χ2v) is 7.48. The molecule has 1 aliphatic carbocycles. The number of carbonyl (C=O) groups is 1. The minimum absolute atomic E-state index is 0.0697. The fourth-order valence-corrected chi connectivity index (χ4v) is 4.53. The molecule has 1 N–H and O–H groups in total. The van der Waals surface area contributed by atoms with Crippen LogP contribution in [0.3, 0.4) is 0 Å². The summed E-state index contributed by atoms with van der Waals surface area (Å²) in [6.07, 6.45) is 3.82. The Morgan fingerprint density at radius 2 is 2.16 bits per heavy atom. The van der Waals surface area contributed by atoms with Gasteiger partial charge >= 0.3 is 0 Å². The Kier molecular flexibility index (Phi) is 4.29. The largest absolute Gasteiger partial charge is 0.464 e. The highest BCUT2D eigenvalue weighted by Gasteiger charge is 2.42. The van der Waals surface area contributed by atoms with Crippen LogP contribution in [-0.4, -0.2) is 47.8 Å². The zero-order valence-corrected chi connectivity index (χ0v) is 14.8. The fraction of sp³-hybridized carbons (Fsp3) is 0.550. The van der Waals surface area contributed by atoms with Crippen LogP contribution in [0.2, 0.25) is 0 Å². The maximum absolute atomic E-state index is 13.0. The molecule has 4 rings (SSSR count). The smallest absolute Gasteiger partial charge is 0.227 e. The van der Waals surface area contributed by atoms with E-state index >= 15 is 0 Å². The number of amides is 1. The molecule has 0 unspecified atom stereocenters. The van der Waals surface area contributed by atoms with Crippen LogP contribution >= 0.6 is 0 Å². The molecular weight excluding hydrogens is 318 g/mol. The van der Waals surface area contributed by atoms with Gasteiger partial charge in [-0.05, 0) is 49.8 Å². The molecule has 1 aromatic carbocycles. The van der Waals surface area contributed by atoms with Gasteiger partial charge in [0.15, 0.2) is 0 Å². The minimum atomic E-state index is 0.0697. The van der Waals surface area contributed by atoms with E-state index in [0.717, 1.165) is 40.5 Å². The van der Waals surface area contributed by atoms with Gasteiger partial charge in [0.05, 0.1) is 31.4 Å². The first-order valence-corrected chi connectivity index (χ1v) is 9.06. The van der Waals surface area contributed by atoms with Crippen molar-refractivity contribution in [3.8, 4) is 0 Å². The molecule has 5 heteroatoms. The Bertz CT molecular complexity index is 796. The van der Waals surface area contributed by atoms with E-state index in [2.05, 4.69) is 13.0 Å². The lowest BCUT2D eigenvalue weighted by Crippen LogP contribution is -2.51. The normalized spacial score (nSPS) is 26.2. The molecule has 1 amide bonds. The van der Waals surface area contributed by atoms with E-state index in [4.69, 9.17) is 9.15 Å². The molecule has 2 heterocycles. The van der Waals surface area contributed by atoms with E-state index in [-0.39, 0.29) is 30.6 Å². The number of hydrogen-bond acceptors (Lipinski definition) is 4. The van der Waals surface area contributed by atoms with Crippen molar-refractivity contribution in [3.05, 3.63) is 35.1 Å². The first kappa shape index (κ1) is 16.6. The SMILES string of the molecule is Cc1cc(C)c2c(CC(=O)N3CCO[C@H]4C[C@H](CO)C[C@@H]43)coc2c1. The molecule has 5 nitrogen and oxygen atoms in total. The standard InChI is InChI=1S/C20H25NO4/c1-12-5-13(2)20-15(11-25-18(20)6-12)9-19(23)21-3-4-24-17-8-14(10-22)7-16(17)21/h5-6,11,14,16-17,22H,3-4,7-10H2,1-2H3/t14-,16+,17+/m1/s1. The summed E-state index contributed by atoms with van der Waals surface area (Å²) in [4.78, 5) is 15.0. The van der Waals surface area contributed by atoms with Crippen molar-refractivity contribution in [2.75, 3.05) is 19.8 Å². The molecule has 0 radical (unpaired) electrons. The summed E-state index contributed by atoms with van der Waals surface area (Å²) in [5.74, 6) is 0.364. The van der Waals surface area contributed by atoms with Crippen molar-refractivity contribution in [2.45, 2.75) is 45.3 Å². The topological polar surface area (TPSA) is 62.9 Å². The Hall–Kier alpha value is -1.85. The number of ether oxygens (including phenoxy) is 1. The molecule has 2 fully saturated rings. The number of aliphatic hydroxyl groups is 1. The van der Waals surface area contributed by atoms with Crippen LogP contribution in [-0.2, 0) is 16.0 Å². The van der Waals surface area contributed by atoms with Gasteiger partial charge in [-0.15, -0.1) is 0 Å². The van der Waals surface area contributed by atoms with E-state index < -0.39 is 0 Å². The third kappa shape index (κ3) is 2.96. The molecule has 25 heavy (non-hydrogen) atoms. The van der Waals surface area contributed by atoms with Crippen LogP contribution in [0.5, 0.6) is 0 Å². The average molecular weight is 343 g/mol. The molecule has 0 bridgehead atoms. The van der Waals surface area contributed by atoms with Crippen LogP contribution < -0.4 is 0 Å². The number of aryl methyl sites for hydroxylation is 2. The third-order valence-corrected chi connectivity index (χ3v) is 5.65. The number of benzene rings is 1. The van der Waals surface area contributed by atoms with Gasteiger partial charge in [-0.2, -0.15) is 0 Å². The van der Waals surface area contributed by atoms with Crippen molar-refractivity contribution in [1.29, 1.82) is 0 Å².